The van der Waals surface area contributed by atoms with Crippen LogP contribution >= 0.6 is 11.6 Å². The lowest BCUT2D eigenvalue weighted by Crippen LogP contribution is -2.39. The first-order valence-corrected chi connectivity index (χ1v) is 9.68. The molecule has 0 bridgehead atoms. The van der Waals surface area contributed by atoms with Gasteiger partial charge in [-0.3, -0.25) is 14.5 Å². The summed E-state index contributed by atoms with van der Waals surface area (Å²) in [4.78, 5) is 27.2. The molecule has 0 aliphatic heterocycles. The Kier molecular flexibility index (Phi) is 7.17. The van der Waals surface area contributed by atoms with Gasteiger partial charge in [-0.1, -0.05) is 54.1 Å². The highest BCUT2D eigenvalue weighted by Crippen LogP contribution is 2.23. The van der Waals surface area contributed by atoms with Crippen molar-refractivity contribution in [2.45, 2.75) is 6.04 Å². The Labute approximate surface area is 179 Å². The molecule has 154 valence electrons. The molecule has 0 fully saturated rings. The third-order valence-corrected chi connectivity index (χ3v) is 4.79. The largest absolute Gasteiger partial charge is 0.324 e. The first-order valence-electron chi connectivity index (χ1n) is 9.30. The van der Waals surface area contributed by atoms with E-state index in [2.05, 4.69) is 10.6 Å². The van der Waals surface area contributed by atoms with Gasteiger partial charge in [0.25, 0.3) is 0 Å². The number of likely N-dealkylation sites (N-methyl/N-ethyl adjacent to an activating group) is 1. The summed E-state index contributed by atoms with van der Waals surface area (Å²) >= 11 is 6.10. The van der Waals surface area contributed by atoms with Crippen molar-refractivity contribution < 1.29 is 14.0 Å². The smallest absolute Gasteiger partial charge is 0.246 e. The van der Waals surface area contributed by atoms with E-state index in [0.29, 0.717) is 16.4 Å². The molecule has 0 aromatic heterocycles. The van der Waals surface area contributed by atoms with E-state index in [0.717, 1.165) is 5.56 Å². The summed E-state index contributed by atoms with van der Waals surface area (Å²) in [6.45, 7) is -0.0401. The highest BCUT2D eigenvalue weighted by molar-refractivity contribution is 6.33. The zero-order valence-corrected chi connectivity index (χ0v) is 17.1. The molecule has 0 unspecified atom stereocenters. The topological polar surface area (TPSA) is 61.4 Å². The van der Waals surface area contributed by atoms with Crippen molar-refractivity contribution in [3.05, 3.63) is 95.3 Å². The Hall–Kier alpha value is -3.22. The Morgan fingerprint density at radius 1 is 0.933 bits per heavy atom. The van der Waals surface area contributed by atoms with Gasteiger partial charge in [0.1, 0.15) is 11.9 Å². The van der Waals surface area contributed by atoms with Gasteiger partial charge in [-0.05, 0) is 49.0 Å². The van der Waals surface area contributed by atoms with Crippen molar-refractivity contribution in [1.82, 2.24) is 4.90 Å². The maximum absolute atomic E-state index is 13.2. The number of hydrogen-bond donors (Lipinski definition) is 2. The number of nitrogens with one attached hydrogen (secondary N) is 2. The second-order valence-corrected chi connectivity index (χ2v) is 7.16. The summed E-state index contributed by atoms with van der Waals surface area (Å²) < 4.78 is 13.2. The number of amides is 2. The fourth-order valence-corrected chi connectivity index (χ4v) is 3.24. The molecule has 0 radical (unpaired) electrons. The van der Waals surface area contributed by atoms with Crippen LogP contribution in [-0.2, 0) is 9.59 Å². The molecule has 0 aliphatic rings. The van der Waals surface area contributed by atoms with Crippen LogP contribution in [0.15, 0.2) is 78.9 Å². The Morgan fingerprint density at radius 2 is 1.57 bits per heavy atom. The monoisotopic (exact) mass is 425 g/mol. The minimum Gasteiger partial charge on any atom is -0.324 e. The lowest BCUT2D eigenvalue weighted by molar-refractivity contribution is -0.123. The number of anilines is 2. The van der Waals surface area contributed by atoms with E-state index < -0.39 is 6.04 Å². The molecule has 5 nitrogen and oxygen atoms in total. The highest BCUT2D eigenvalue weighted by Gasteiger charge is 2.27. The van der Waals surface area contributed by atoms with Gasteiger partial charge in [0, 0.05) is 5.69 Å². The summed E-state index contributed by atoms with van der Waals surface area (Å²) in [6, 6.07) is 20.9. The molecular weight excluding hydrogens is 405 g/mol. The second kappa shape index (κ2) is 10.0. The van der Waals surface area contributed by atoms with Crippen molar-refractivity contribution in [1.29, 1.82) is 0 Å². The maximum Gasteiger partial charge on any atom is 0.246 e. The lowest BCUT2D eigenvalue weighted by atomic mass is 10.0. The Morgan fingerprint density at radius 3 is 2.23 bits per heavy atom. The van der Waals surface area contributed by atoms with Gasteiger partial charge in [0.15, 0.2) is 0 Å². The van der Waals surface area contributed by atoms with E-state index in [1.54, 1.807) is 36.2 Å². The number of benzene rings is 3. The highest BCUT2D eigenvalue weighted by atomic mass is 35.5. The van der Waals surface area contributed by atoms with Crippen LogP contribution in [0.1, 0.15) is 11.6 Å². The van der Waals surface area contributed by atoms with Crippen LogP contribution in [0.3, 0.4) is 0 Å². The number of carbonyl (C=O) groups excluding carboxylic acids is 2. The minimum absolute atomic E-state index is 0.0401. The normalized spacial score (nSPS) is 11.7. The van der Waals surface area contributed by atoms with Crippen molar-refractivity contribution in [2.75, 3.05) is 24.2 Å². The molecule has 1 atom stereocenters. The number of halogens is 2. The van der Waals surface area contributed by atoms with Gasteiger partial charge >= 0.3 is 0 Å². The molecule has 3 aromatic rings. The molecule has 3 aromatic carbocycles. The number of rotatable bonds is 7. The molecule has 0 spiro atoms. The third kappa shape index (κ3) is 5.65. The summed E-state index contributed by atoms with van der Waals surface area (Å²) in [5, 5.41) is 5.97. The zero-order chi connectivity index (χ0) is 21.5. The second-order valence-electron chi connectivity index (χ2n) is 6.75. The molecule has 30 heavy (non-hydrogen) atoms. The van der Waals surface area contributed by atoms with Gasteiger partial charge in [-0.25, -0.2) is 4.39 Å². The SMILES string of the molecule is CN(CC(=O)Nc1ccccc1Cl)[C@H](C(=O)Nc1ccc(F)cc1)c1ccccc1. The molecule has 2 amide bonds. The van der Waals surface area contributed by atoms with Crippen LogP contribution < -0.4 is 10.6 Å². The van der Waals surface area contributed by atoms with Crippen LogP contribution in [0.2, 0.25) is 5.02 Å². The lowest BCUT2D eigenvalue weighted by Gasteiger charge is -2.27. The Bertz CT molecular complexity index is 1010. The van der Waals surface area contributed by atoms with Gasteiger partial charge in [0.05, 0.1) is 17.3 Å². The minimum atomic E-state index is -0.728. The van der Waals surface area contributed by atoms with Crippen LogP contribution in [0.5, 0.6) is 0 Å². The molecule has 0 heterocycles. The first-order chi connectivity index (χ1) is 14.4. The van der Waals surface area contributed by atoms with Crippen LogP contribution in [0, 0.1) is 5.82 Å². The van der Waals surface area contributed by atoms with Gasteiger partial charge in [0.2, 0.25) is 11.8 Å². The van der Waals surface area contributed by atoms with Crippen molar-refractivity contribution >= 4 is 34.8 Å². The Balaban J connectivity index is 1.76. The van der Waals surface area contributed by atoms with Crippen molar-refractivity contribution in [3.8, 4) is 0 Å². The van der Waals surface area contributed by atoms with Crippen molar-refractivity contribution in [2.24, 2.45) is 0 Å². The van der Waals surface area contributed by atoms with Gasteiger partial charge in [-0.15, -0.1) is 0 Å². The van der Waals surface area contributed by atoms with Crippen LogP contribution in [0.25, 0.3) is 0 Å². The summed E-state index contributed by atoms with van der Waals surface area (Å²) in [7, 11) is 1.69. The number of carbonyl (C=O) groups is 2. The zero-order valence-electron chi connectivity index (χ0n) is 16.3. The fraction of sp³-hybridized carbons (Fsp3) is 0.130. The van der Waals surface area contributed by atoms with E-state index in [9.17, 15) is 14.0 Å². The van der Waals surface area contributed by atoms with E-state index >= 15 is 0 Å². The number of nitrogens with zero attached hydrogens (tertiary/aromatic N) is 1. The summed E-state index contributed by atoms with van der Waals surface area (Å²) in [5.41, 5.74) is 1.70. The predicted molar refractivity (Wildman–Crippen MR) is 117 cm³/mol. The third-order valence-electron chi connectivity index (χ3n) is 4.46. The molecule has 0 saturated carbocycles. The van der Waals surface area contributed by atoms with Crippen LogP contribution in [0.4, 0.5) is 15.8 Å². The summed E-state index contributed by atoms with van der Waals surface area (Å²) in [6.07, 6.45) is 0. The standard InChI is InChI=1S/C23H21ClFN3O2/c1-28(15-21(29)27-20-10-6-5-9-19(20)24)22(16-7-3-2-4-8-16)23(30)26-18-13-11-17(25)12-14-18/h2-14,22H,15H2,1H3,(H,26,30)(H,27,29)/t22-/m0/s1. The van der Waals surface area contributed by atoms with Gasteiger partial charge in [-0.2, -0.15) is 0 Å². The fourth-order valence-electron chi connectivity index (χ4n) is 3.06. The van der Waals surface area contributed by atoms with Crippen molar-refractivity contribution in [3.63, 3.8) is 0 Å². The van der Waals surface area contributed by atoms with Gasteiger partial charge < -0.3 is 10.6 Å². The van der Waals surface area contributed by atoms with E-state index in [-0.39, 0.29) is 24.2 Å². The van der Waals surface area contributed by atoms with Crippen LogP contribution in [-0.4, -0.2) is 30.3 Å². The molecule has 7 heteroatoms. The van der Waals surface area contributed by atoms with E-state index in [1.807, 2.05) is 30.3 Å². The average molecular weight is 426 g/mol. The molecule has 0 saturated heterocycles. The van der Waals surface area contributed by atoms with E-state index in [4.69, 9.17) is 11.6 Å². The number of para-hydroxylation sites is 1. The molecule has 0 aliphatic carbocycles. The maximum atomic E-state index is 13.2. The molecular formula is C23H21ClFN3O2. The quantitative estimate of drug-likeness (QED) is 0.575. The number of hydrogen-bond acceptors (Lipinski definition) is 3. The first kappa shape index (κ1) is 21.5. The average Bonchev–Trinajstić information content (AvgIpc) is 2.72. The summed E-state index contributed by atoms with van der Waals surface area (Å²) in [5.74, 6) is -1.03. The molecule has 3 rings (SSSR count). The molecule has 2 N–H and O–H groups in total. The predicted octanol–water partition coefficient (Wildman–Crippen LogP) is 4.73. The van der Waals surface area contributed by atoms with E-state index in [1.165, 1.54) is 24.3 Å².